The van der Waals surface area contributed by atoms with Crippen LogP contribution in [-0.2, 0) is 4.79 Å². The minimum absolute atomic E-state index is 0.0458. The van der Waals surface area contributed by atoms with Crippen LogP contribution in [-0.4, -0.2) is 48.3 Å². The molecular weight excluding hydrogens is 497 g/mol. The van der Waals surface area contributed by atoms with E-state index in [4.69, 9.17) is 4.74 Å². The lowest BCUT2D eigenvalue weighted by Crippen LogP contribution is -2.55. The molecule has 2 bridgehead atoms. The number of hydrogen-bond acceptors (Lipinski definition) is 4. The number of piperidine rings is 1. The number of halogens is 5. The maximum absolute atomic E-state index is 13.5. The zero-order valence-corrected chi connectivity index (χ0v) is 20.4. The number of nitrogens with one attached hydrogen (secondary N) is 2. The van der Waals surface area contributed by atoms with Gasteiger partial charge in [0.25, 0.3) is 11.8 Å². The zero-order chi connectivity index (χ0) is 27.0. The fourth-order valence-electron chi connectivity index (χ4n) is 5.02. The van der Waals surface area contributed by atoms with Gasteiger partial charge in [-0.25, -0.2) is 8.78 Å². The fourth-order valence-corrected chi connectivity index (χ4v) is 5.02. The Morgan fingerprint density at radius 2 is 1.59 bits per heavy atom. The molecule has 2 aromatic rings. The van der Waals surface area contributed by atoms with Gasteiger partial charge in [0.2, 0.25) is 0 Å². The quantitative estimate of drug-likeness (QED) is 0.513. The van der Waals surface area contributed by atoms with Crippen molar-refractivity contribution in [3.05, 3.63) is 59.7 Å². The first-order valence-corrected chi connectivity index (χ1v) is 12.0. The summed E-state index contributed by atoms with van der Waals surface area (Å²) in [7, 11) is 0. The number of benzene rings is 2. The molecule has 0 aromatic heterocycles. The second kappa shape index (κ2) is 10.2. The topological polar surface area (TPSA) is 70.7 Å². The standard InChI is InChI=1S/C26H28F5N3O3/c1-25(2,37-20-9-10-21(27)22(28)13-20)24(36)33-16-11-18-7-8-19(12-16)34(18)17-5-3-15(4-6-17)23(35)32-14-26(29,30)31/h3-6,9-10,13,16,18-19H,7-8,11-12,14H2,1-2H3,(H,32,35)(H,33,36). The molecule has 11 heteroatoms. The highest BCUT2D eigenvalue weighted by atomic mass is 19.4. The number of carbonyl (C=O) groups excluding carboxylic acids is 2. The lowest BCUT2D eigenvalue weighted by molar-refractivity contribution is -0.135. The van der Waals surface area contributed by atoms with Crippen LogP contribution in [0.2, 0.25) is 0 Å². The van der Waals surface area contributed by atoms with E-state index in [2.05, 4.69) is 10.2 Å². The molecule has 2 saturated heterocycles. The smallest absolute Gasteiger partial charge is 0.405 e. The summed E-state index contributed by atoms with van der Waals surface area (Å²) in [5.41, 5.74) is -0.305. The van der Waals surface area contributed by atoms with Crippen LogP contribution in [0.4, 0.5) is 27.6 Å². The van der Waals surface area contributed by atoms with E-state index in [-0.39, 0.29) is 35.3 Å². The maximum Gasteiger partial charge on any atom is 0.405 e. The summed E-state index contributed by atoms with van der Waals surface area (Å²) in [5, 5.41) is 4.89. The minimum atomic E-state index is -4.48. The van der Waals surface area contributed by atoms with Gasteiger partial charge in [-0.2, -0.15) is 13.2 Å². The fraction of sp³-hybridized carbons (Fsp3) is 0.462. The van der Waals surface area contributed by atoms with E-state index in [1.165, 1.54) is 18.2 Å². The largest absolute Gasteiger partial charge is 0.478 e. The molecule has 2 N–H and O–H groups in total. The van der Waals surface area contributed by atoms with Gasteiger partial charge in [0.05, 0.1) is 0 Å². The number of alkyl halides is 3. The zero-order valence-electron chi connectivity index (χ0n) is 20.4. The molecule has 0 saturated carbocycles. The minimum Gasteiger partial charge on any atom is -0.478 e. The third-order valence-electron chi connectivity index (χ3n) is 6.76. The van der Waals surface area contributed by atoms with Crippen LogP contribution in [0.5, 0.6) is 5.75 Å². The van der Waals surface area contributed by atoms with Gasteiger partial charge >= 0.3 is 6.18 Å². The van der Waals surface area contributed by atoms with E-state index < -0.39 is 35.9 Å². The molecule has 6 nitrogen and oxygen atoms in total. The average Bonchev–Trinajstić information content (AvgIpc) is 3.09. The van der Waals surface area contributed by atoms with E-state index in [1.807, 2.05) is 5.32 Å². The number of fused-ring (bicyclic) bond motifs is 2. The first-order chi connectivity index (χ1) is 17.3. The number of carbonyl (C=O) groups is 2. The van der Waals surface area contributed by atoms with E-state index in [9.17, 15) is 31.5 Å². The van der Waals surface area contributed by atoms with Crippen LogP contribution in [0.1, 0.15) is 49.9 Å². The molecule has 2 aliphatic rings. The summed E-state index contributed by atoms with van der Waals surface area (Å²) < 4.78 is 69.4. The van der Waals surface area contributed by atoms with E-state index in [0.29, 0.717) is 12.8 Å². The van der Waals surface area contributed by atoms with Gasteiger partial charge in [-0.1, -0.05) is 0 Å². The van der Waals surface area contributed by atoms with Crippen molar-refractivity contribution in [2.24, 2.45) is 0 Å². The van der Waals surface area contributed by atoms with Gasteiger partial charge in [0.1, 0.15) is 12.3 Å². The van der Waals surface area contributed by atoms with E-state index in [1.54, 1.807) is 26.0 Å². The Balaban J connectivity index is 1.35. The average molecular weight is 526 g/mol. The Morgan fingerprint density at radius 1 is 0.973 bits per heavy atom. The molecule has 2 fully saturated rings. The van der Waals surface area contributed by atoms with Crippen molar-refractivity contribution >= 4 is 17.5 Å². The molecule has 0 aliphatic carbocycles. The van der Waals surface area contributed by atoms with Crippen molar-refractivity contribution < 1.29 is 36.3 Å². The predicted molar refractivity (Wildman–Crippen MR) is 126 cm³/mol. The molecule has 4 rings (SSSR count). The molecule has 0 spiro atoms. The van der Waals surface area contributed by atoms with Crippen molar-refractivity contribution in [2.45, 2.75) is 69.4 Å². The van der Waals surface area contributed by atoms with Crippen molar-refractivity contribution in [1.82, 2.24) is 10.6 Å². The highest BCUT2D eigenvalue weighted by Gasteiger charge is 2.42. The summed E-state index contributed by atoms with van der Waals surface area (Å²) >= 11 is 0. The Kier molecular flexibility index (Phi) is 7.34. The Labute approximate surface area is 211 Å². The second-order valence-electron chi connectivity index (χ2n) is 9.97. The number of nitrogens with zero attached hydrogens (tertiary/aromatic N) is 1. The summed E-state index contributed by atoms with van der Waals surface area (Å²) in [6.45, 7) is 1.72. The molecular formula is C26H28F5N3O3. The summed E-state index contributed by atoms with van der Waals surface area (Å²) in [6, 6.07) is 9.74. The van der Waals surface area contributed by atoms with Crippen molar-refractivity contribution in [2.75, 3.05) is 11.4 Å². The number of ether oxygens (including phenoxy) is 1. The molecule has 2 aliphatic heterocycles. The van der Waals surface area contributed by atoms with Crippen LogP contribution >= 0.6 is 0 Å². The number of hydrogen-bond donors (Lipinski definition) is 2. The van der Waals surface area contributed by atoms with Crippen molar-refractivity contribution in [3.8, 4) is 5.75 Å². The van der Waals surface area contributed by atoms with Crippen LogP contribution in [0.15, 0.2) is 42.5 Å². The first kappa shape index (κ1) is 26.7. The highest BCUT2D eigenvalue weighted by Crippen LogP contribution is 2.39. The number of amides is 2. The molecule has 2 atom stereocenters. The van der Waals surface area contributed by atoms with Gasteiger partial charge in [-0.15, -0.1) is 0 Å². The van der Waals surface area contributed by atoms with Gasteiger partial charge < -0.3 is 20.3 Å². The first-order valence-electron chi connectivity index (χ1n) is 12.0. The molecule has 2 unspecified atom stereocenters. The summed E-state index contributed by atoms with van der Waals surface area (Å²) in [6.07, 6.45) is -1.29. The van der Waals surface area contributed by atoms with Crippen molar-refractivity contribution in [3.63, 3.8) is 0 Å². The maximum atomic E-state index is 13.5. The van der Waals surface area contributed by atoms with Gasteiger partial charge in [0, 0.05) is 35.4 Å². The lowest BCUT2D eigenvalue weighted by Gasteiger charge is -2.41. The monoisotopic (exact) mass is 525 g/mol. The van der Waals surface area contributed by atoms with Crippen molar-refractivity contribution in [1.29, 1.82) is 0 Å². The molecule has 2 heterocycles. The van der Waals surface area contributed by atoms with E-state index >= 15 is 0 Å². The highest BCUT2D eigenvalue weighted by molar-refractivity contribution is 5.94. The lowest BCUT2D eigenvalue weighted by atomic mass is 9.95. The summed E-state index contributed by atoms with van der Waals surface area (Å²) in [4.78, 5) is 27.2. The Bertz CT molecular complexity index is 1140. The SMILES string of the molecule is CC(C)(Oc1ccc(F)c(F)c1)C(=O)NC1CC2CCC(C1)N2c1ccc(C(=O)NCC(F)(F)F)cc1. The van der Waals surface area contributed by atoms with Crippen LogP contribution in [0, 0.1) is 11.6 Å². The number of anilines is 1. The predicted octanol–water partition coefficient (Wildman–Crippen LogP) is 4.73. The summed E-state index contributed by atoms with van der Waals surface area (Å²) in [5.74, 6) is -3.18. The Hall–Kier alpha value is -3.37. The van der Waals surface area contributed by atoms with Gasteiger partial charge in [0.15, 0.2) is 17.2 Å². The molecule has 200 valence electrons. The molecule has 0 radical (unpaired) electrons. The molecule has 2 amide bonds. The van der Waals surface area contributed by atoms with Crippen LogP contribution < -0.4 is 20.3 Å². The van der Waals surface area contributed by atoms with Crippen LogP contribution in [0.3, 0.4) is 0 Å². The van der Waals surface area contributed by atoms with Gasteiger partial charge in [-0.3, -0.25) is 9.59 Å². The third-order valence-corrected chi connectivity index (χ3v) is 6.76. The van der Waals surface area contributed by atoms with Gasteiger partial charge in [-0.05, 0) is 75.9 Å². The van der Waals surface area contributed by atoms with E-state index in [0.717, 1.165) is 30.7 Å². The Morgan fingerprint density at radius 3 is 2.16 bits per heavy atom. The second-order valence-corrected chi connectivity index (χ2v) is 9.97. The normalized spacial score (nSPS) is 21.5. The molecule has 2 aromatic carbocycles. The number of rotatable bonds is 7. The third kappa shape index (κ3) is 6.31. The molecule has 37 heavy (non-hydrogen) atoms. The van der Waals surface area contributed by atoms with Crippen LogP contribution in [0.25, 0.3) is 0 Å².